The van der Waals surface area contributed by atoms with Crippen LogP contribution in [0.2, 0.25) is 5.02 Å². The van der Waals surface area contributed by atoms with E-state index in [1.54, 1.807) is 23.1 Å². The number of ether oxygens (including phenoxy) is 1. The van der Waals surface area contributed by atoms with E-state index in [1.165, 1.54) is 6.07 Å². The summed E-state index contributed by atoms with van der Waals surface area (Å²) in [6, 6.07) is 21.8. The zero-order chi connectivity index (χ0) is 23.7. The van der Waals surface area contributed by atoms with Crippen molar-refractivity contribution in [2.45, 2.75) is 12.6 Å². The number of phenols is 1. The fraction of sp³-hybridized carbons (Fsp3) is 0.111. The third-order valence-electron chi connectivity index (χ3n) is 5.81. The number of aromatic amines is 1. The van der Waals surface area contributed by atoms with Gasteiger partial charge in [-0.25, -0.2) is 0 Å². The van der Waals surface area contributed by atoms with E-state index >= 15 is 0 Å². The number of carbonyl (C=O) groups excluding carboxylic acids is 1. The third-order valence-corrected chi connectivity index (χ3v) is 6.05. The largest absolute Gasteiger partial charge is 0.507 e. The average molecular weight is 472 g/mol. The SMILES string of the molecule is C=CCOc1cccc(C2c3c(-c4cc(Cl)ccc4O)n[nH]c3C(=O)N2Cc2ccccc2)c1. The monoisotopic (exact) mass is 471 g/mol. The molecule has 0 saturated carbocycles. The molecule has 170 valence electrons. The molecular weight excluding hydrogens is 450 g/mol. The molecular formula is C27H22ClN3O3. The van der Waals surface area contributed by atoms with Gasteiger partial charge in [-0.3, -0.25) is 9.89 Å². The number of aromatic nitrogens is 2. The van der Waals surface area contributed by atoms with Gasteiger partial charge in [0.1, 0.15) is 29.5 Å². The lowest BCUT2D eigenvalue weighted by Gasteiger charge is -2.27. The van der Waals surface area contributed by atoms with E-state index in [0.29, 0.717) is 46.4 Å². The van der Waals surface area contributed by atoms with E-state index in [4.69, 9.17) is 16.3 Å². The molecule has 1 amide bonds. The first kappa shape index (κ1) is 21.8. The molecule has 6 nitrogen and oxygen atoms in total. The Bertz CT molecular complexity index is 1370. The highest BCUT2D eigenvalue weighted by molar-refractivity contribution is 6.31. The van der Waals surface area contributed by atoms with Crippen molar-refractivity contribution in [3.8, 4) is 22.8 Å². The number of rotatable bonds is 7. The Kier molecular flexibility index (Phi) is 5.82. The van der Waals surface area contributed by atoms with Gasteiger partial charge in [-0.1, -0.05) is 66.7 Å². The van der Waals surface area contributed by atoms with Crippen LogP contribution in [0.25, 0.3) is 11.3 Å². The number of benzene rings is 3. The van der Waals surface area contributed by atoms with Crippen LogP contribution in [0.15, 0.2) is 85.5 Å². The smallest absolute Gasteiger partial charge is 0.273 e. The molecule has 1 atom stereocenters. The van der Waals surface area contributed by atoms with E-state index in [1.807, 2.05) is 54.6 Å². The molecule has 1 unspecified atom stereocenters. The van der Waals surface area contributed by atoms with Crippen molar-refractivity contribution in [1.29, 1.82) is 0 Å². The van der Waals surface area contributed by atoms with Crippen LogP contribution in [0.1, 0.15) is 33.2 Å². The molecule has 1 aromatic heterocycles. The quantitative estimate of drug-likeness (QED) is 0.336. The second-order valence-corrected chi connectivity index (χ2v) is 8.45. The van der Waals surface area contributed by atoms with Crippen LogP contribution < -0.4 is 4.74 Å². The van der Waals surface area contributed by atoms with Gasteiger partial charge in [0.15, 0.2) is 0 Å². The third kappa shape index (κ3) is 3.93. The van der Waals surface area contributed by atoms with Crippen LogP contribution in [0.4, 0.5) is 0 Å². The number of nitrogens with zero attached hydrogens (tertiary/aromatic N) is 2. The number of halogens is 1. The molecule has 3 aromatic carbocycles. The van der Waals surface area contributed by atoms with Gasteiger partial charge in [0, 0.05) is 22.7 Å². The molecule has 5 rings (SSSR count). The van der Waals surface area contributed by atoms with E-state index in [2.05, 4.69) is 16.8 Å². The predicted molar refractivity (Wildman–Crippen MR) is 131 cm³/mol. The van der Waals surface area contributed by atoms with Gasteiger partial charge in [-0.2, -0.15) is 5.10 Å². The minimum Gasteiger partial charge on any atom is -0.507 e. The normalized spacial score (nSPS) is 14.8. The molecule has 0 radical (unpaired) electrons. The Morgan fingerprint density at radius 1 is 1.12 bits per heavy atom. The van der Waals surface area contributed by atoms with Crippen molar-refractivity contribution in [2.24, 2.45) is 0 Å². The van der Waals surface area contributed by atoms with Crippen molar-refractivity contribution < 1.29 is 14.6 Å². The summed E-state index contributed by atoms with van der Waals surface area (Å²) in [5.41, 5.74) is 3.91. The minimum absolute atomic E-state index is 0.0366. The van der Waals surface area contributed by atoms with Crippen LogP contribution in [-0.2, 0) is 6.54 Å². The van der Waals surface area contributed by atoms with Crippen LogP contribution in [0, 0.1) is 0 Å². The Labute approximate surface area is 202 Å². The Morgan fingerprint density at radius 2 is 1.94 bits per heavy atom. The first-order chi connectivity index (χ1) is 16.6. The molecule has 0 bridgehead atoms. The summed E-state index contributed by atoms with van der Waals surface area (Å²) >= 11 is 6.22. The lowest BCUT2D eigenvalue weighted by atomic mass is 9.95. The molecule has 0 spiro atoms. The Hall–Kier alpha value is -4.03. The van der Waals surface area contributed by atoms with Gasteiger partial charge >= 0.3 is 0 Å². The predicted octanol–water partition coefficient (Wildman–Crippen LogP) is 5.75. The molecule has 4 aromatic rings. The van der Waals surface area contributed by atoms with E-state index in [9.17, 15) is 9.90 Å². The highest BCUT2D eigenvalue weighted by atomic mass is 35.5. The highest BCUT2D eigenvalue weighted by Gasteiger charge is 2.42. The van der Waals surface area contributed by atoms with Gasteiger partial charge in [-0.05, 0) is 41.5 Å². The molecule has 2 heterocycles. The molecule has 34 heavy (non-hydrogen) atoms. The molecule has 7 heteroatoms. The van der Waals surface area contributed by atoms with E-state index in [0.717, 1.165) is 11.1 Å². The summed E-state index contributed by atoms with van der Waals surface area (Å²) < 4.78 is 5.75. The number of aromatic hydroxyl groups is 1. The zero-order valence-electron chi connectivity index (χ0n) is 18.2. The lowest BCUT2D eigenvalue weighted by Crippen LogP contribution is -2.29. The molecule has 1 aliphatic rings. The number of fused-ring (bicyclic) bond motifs is 1. The number of carbonyl (C=O) groups is 1. The molecule has 2 N–H and O–H groups in total. The number of hydrogen-bond acceptors (Lipinski definition) is 4. The Morgan fingerprint density at radius 3 is 2.74 bits per heavy atom. The number of H-pyrrole nitrogens is 1. The van der Waals surface area contributed by atoms with Gasteiger partial charge in [0.05, 0.1) is 6.04 Å². The van der Waals surface area contributed by atoms with E-state index in [-0.39, 0.29) is 11.7 Å². The lowest BCUT2D eigenvalue weighted by molar-refractivity contribution is 0.0730. The summed E-state index contributed by atoms with van der Waals surface area (Å²) in [5.74, 6) is 0.546. The maximum Gasteiger partial charge on any atom is 0.273 e. The zero-order valence-corrected chi connectivity index (χ0v) is 19.0. The fourth-order valence-electron chi connectivity index (χ4n) is 4.32. The summed E-state index contributed by atoms with van der Waals surface area (Å²) in [6.07, 6.45) is 1.68. The standard InChI is InChI=1S/C27H22ClN3O3/c1-2-13-34-20-10-6-9-18(14-20)26-23-24(21-15-19(28)11-12-22(21)32)29-30-25(23)27(33)31(26)16-17-7-4-3-5-8-17/h2-12,14-15,26,32H,1,13,16H2,(H,29,30). The van der Waals surface area contributed by atoms with Gasteiger partial charge in [-0.15, -0.1) is 0 Å². The van der Waals surface area contributed by atoms with Crippen LogP contribution in [-0.4, -0.2) is 32.7 Å². The first-order valence-corrected chi connectivity index (χ1v) is 11.2. The maximum atomic E-state index is 13.6. The van der Waals surface area contributed by atoms with Crippen LogP contribution in [0.3, 0.4) is 0 Å². The summed E-state index contributed by atoms with van der Waals surface area (Å²) in [5, 5.41) is 18.3. The van der Waals surface area contributed by atoms with Gasteiger partial charge in [0.2, 0.25) is 0 Å². The summed E-state index contributed by atoms with van der Waals surface area (Å²) in [4.78, 5) is 15.4. The Balaban J connectivity index is 1.66. The molecule has 1 aliphatic heterocycles. The molecule has 0 saturated heterocycles. The topological polar surface area (TPSA) is 78.5 Å². The second kappa shape index (κ2) is 9.08. The highest BCUT2D eigenvalue weighted by Crippen LogP contribution is 2.45. The number of phenolic OH excluding ortho intramolecular Hbond substituents is 1. The fourth-order valence-corrected chi connectivity index (χ4v) is 4.49. The van der Waals surface area contributed by atoms with Crippen LogP contribution >= 0.6 is 11.6 Å². The van der Waals surface area contributed by atoms with Crippen molar-refractivity contribution >= 4 is 17.5 Å². The van der Waals surface area contributed by atoms with Crippen molar-refractivity contribution in [3.05, 3.63) is 113 Å². The first-order valence-electron chi connectivity index (χ1n) is 10.8. The summed E-state index contributed by atoms with van der Waals surface area (Å²) in [6.45, 7) is 4.49. The maximum absolute atomic E-state index is 13.6. The van der Waals surface area contributed by atoms with Crippen molar-refractivity contribution in [3.63, 3.8) is 0 Å². The van der Waals surface area contributed by atoms with Gasteiger partial charge in [0.25, 0.3) is 5.91 Å². The number of hydrogen-bond donors (Lipinski definition) is 2. The van der Waals surface area contributed by atoms with E-state index < -0.39 is 6.04 Å². The van der Waals surface area contributed by atoms with Gasteiger partial charge < -0.3 is 14.7 Å². The molecule has 0 aliphatic carbocycles. The van der Waals surface area contributed by atoms with Crippen LogP contribution in [0.5, 0.6) is 11.5 Å². The molecule has 0 fully saturated rings. The van der Waals surface area contributed by atoms with Crippen molar-refractivity contribution in [1.82, 2.24) is 15.1 Å². The number of nitrogens with one attached hydrogen (secondary N) is 1. The average Bonchev–Trinajstić information content (AvgIpc) is 3.39. The minimum atomic E-state index is -0.442. The summed E-state index contributed by atoms with van der Waals surface area (Å²) in [7, 11) is 0. The second-order valence-electron chi connectivity index (χ2n) is 8.02. The van der Waals surface area contributed by atoms with Crippen molar-refractivity contribution in [2.75, 3.05) is 6.61 Å². The number of amides is 1.